The van der Waals surface area contributed by atoms with Crippen molar-refractivity contribution in [1.82, 2.24) is 5.12 Å². The lowest BCUT2D eigenvalue weighted by atomic mass is 10.1. The molecule has 0 unspecified atom stereocenters. The van der Waals surface area contributed by atoms with Crippen LogP contribution in [0.4, 0.5) is 0 Å². The molecule has 0 spiro atoms. The van der Waals surface area contributed by atoms with Gasteiger partial charge in [0, 0.05) is 5.56 Å². The fourth-order valence-corrected chi connectivity index (χ4v) is 1.48. The van der Waals surface area contributed by atoms with Crippen LogP contribution in [0.2, 0.25) is 0 Å². The molecule has 0 aliphatic rings. The molecule has 1 rings (SSSR count). The second-order valence-electron chi connectivity index (χ2n) is 3.88. The zero-order valence-corrected chi connectivity index (χ0v) is 10.3. The van der Waals surface area contributed by atoms with Crippen molar-refractivity contribution in [2.75, 3.05) is 13.1 Å². The fourth-order valence-electron chi connectivity index (χ4n) is 1.48. The second-order valence-corrected chi connectivity index (χ2v) is 3.88. The van der Waals surface area contributed by atoms with Crippen molar-refractivity contribution in [2.45, 2.75) is 19.8 Å². The van der Waals surface area contributed by atoms with Gasteiger partial charge < -0.3 is 11.5 Å². The van der Waals surface area contributed by atoms with E-state index >= 15 is 0 Å². The lowest BCUT2D eigenvalue weighted by Gasteiger charge is -2.12. The van der Waals surface area contributed by atoms with Crippen molar-refractivity contribution >= 4 is 5.84 Å². The molecule has 1 aromatic carbocycles. The quantitative estimate of drug-likeness (QED) is 0.288. The number of nitrogens with two attached hydrogens (primary N) is 3. The van der Waals surface area contributed by atoms with Gasteiger partial charge >= 0.3 is 0 Å². The van der Waals surface area contributed by atoms with E-state index in [9.17, 15) is 0 Å². The zero-order valence-electron chi connectivity index (χ0n) is 10.3. The SMILES string of the molecule is CCCN(N)/N=C(\N)c1ccc(CCN)cc1. The first-order valence-electron chi connectivity index (χ1n) is 5.83. The zero-order chi connectivity index (χ0) is 12.7. The molecule has 17 heavy (non-hydrogen) atoms. The largest absolute Gasteiger partial charge is 0.382 e. The minimum atomic E-state index is 0.431. The second kappa shape index (κ2) is 6.88. The van der Waals surface area contributed by atoms with E-state index in [4.69, 9.17) is 17.3 Å². The Balaban J connectivity index is 2.71. The minimum absolute atomic E-state index is 0.431. The van der Waals surface area contributed by atoms with Crippen molar-refractivity contribution in [3.63, 3.8) is 0 Å². The van der Waals surface area contributed by atoms with E-state index < -0.39 is 0 Å². The summed E-state index contributed by atoms with van der Waals surface area (Å²) in [4.78, 5) is 0. The Morgan fingerprint density at radius 1 is 1.29 bits per heavy atom. The lowest BCUT2D eigenvalue weighted by Crippen LogP contribution is -2.30. The third kappa shape index (κ3) is 4.42. The summed E-state index contributed by atoms with van der Waals surface area (Å²) in [7, 11) is 0. The third-order valence-corrected chi connectivity index (χ3v) is 2.37. The number of hydrogen-bond donors (Lipinski definition) is 3. The number of hydrazine groups is 1. The summed E-state index contributed by atoms with van der Waals surface area (Å²) in [5, 5.41) is 5.46. The first kappa shape index (κ1) is 13.5. The highest BCUT2D eigenvalue weighted by molar-refractivity contribution is 5.97. The number of hydrazone groups is 1. The molecular formula is C12H21N5. The Labute approximate surface area is 102 Å². The van der Waals surface area contributed by atoms with E-state index in [1.165, 1.54) is 10.7 Å². The normalized spacial score (nSPS) is 11.6. The number of hydrogen-bond acceptors (Lipinski definition) is 4. The van der Waals surface area contributed by atoms with Crippen molar-refractivity contribution in [3.8, 4) is 0 Å². The van der Waals surface area contributed by atoms with Gasteiger partial charge in [0.15, 0.2) is 5.84 Å². The van der Waals surface area contributed by atoms with Crippen LogP contribution in [0.15, 0.2) is 29.4 Å². The Bertz CT molecular complexity index is 358. The maximum atomic E-state index is 5.85. The van der Waals surface area contributed by atoms with E-state index in [1.54, 1.807) is 0 Å². The first-order valence-corrected chi connectivity index (χ1v) is 5.83. The molecule has 5 nitrogen and oxygen atoms in total. The molecule has 0 aromatic heterocycles. The predicted octanol–water partition coefficient (Wildman–Crippen LogP) is 0.394. The molecule has 0 saturated heterocycles. The van der Waals surface area contributed by atoms with E-state index in [0.717, 1.165) is 18.4 Å². The summed E-state index contributed by atoms with van der Waals surface area (Å²) in [6.07, 6.45) is 1.80. The van der Waals surface area contributed by atoms with Gasteiger partial charge in [0.1, 0.15) is 0 Å². The van der Waals surface area contributed by atoms with Gasteiger partial charge in [-0.25, -0.2) is 11.0 Å². The number of amidine groups is 1. The van der Waals surface area contributed by atoms with Crippen molar-refractivity contribution in [2.24, 2.45) is 22.4 Å². The van der Waals surface area contributed by atoms with Gasteiger partial charge in [-0.3, -0.25) is 0 Å². The van der Waals surface area contributed by atoms with Crippen LogP contribution >= 0.6 is 0 Å². The molecule has 0 atom stereocenters. The maximum absolute atomic E-state index is 5.85. The molecule has 0 heterocycles. The van der Waals surface area contributed by atoms with Crippen LogP contribution in [0.5, 0.6) is 0 Å². The monoisotopic (exact) mass is 235 g/mol. The Morgan fingerprint density at radius 2 is 1.94 bits per heavy atom. The molecule has 1 aromatic rings. The number of nitrogens with zero attached hydrogens (tertiary/aromatic N) is 2. The van der Waals surface area contributed by atoms with Gasteiger partial charge in [-0.2, -0.15) is 0 Å². The van der Waals surface area contributed by atoms with Gasteiger partial charge in [0.05, 0.1) is 6.54 Å². The number of rotatable bonds is 6. The van der Waals surface area contributed by atoms with E-state index in [1.807, 2.05) is 31.2 Å². The molecule has 0 amide bonds. The lowest BCUT2D eigenvalue weighted by molar-refractivity contribution is 0.299. The van der Waals surface area contributed by atoms with E-state index in [-0.39, 0.29) is 0 Å². The summed E-state index contributed by atoms with van der Waals surface area (Å²) >= 11 is 0. The van der Waals surface area contributed by atoms with Gasteiger partial charge in [-0.15, -0.1) is 5.10 Å². The van der Waals surface area contributed by atoms with Crippen LogP contribution < -0.4 is 17.3 Å². The molecule has 0 aliphatic carbocycles. The van der Waals surface area contributed by atoms with Crippen molar-refractivity contribution in [1.29, 1.82) is 0 Å². The molecular weight excluding hydrogens is 214 g/mol. The summed E-state index contributed by atoms with van der Waals surface area (Å²) in [6.45, 7) is 3.37. The third-order valence-electron chi connectivity index (χ3n) is 2.37. The number of benzene rings is 1. The summed E-state index contributed by atoms with van der Waals surface area (Å²) in [6, 6.07) is 7.88. The molecule has 0 aliphatic heterocycles. The standard InChI is InChI=1S/C12H21N5/c1-2-9-17(15)16-12(14)11-5-3-10(4-6-11)7-8-13/h3-6H,2,7-9,13,15H2,1H3,(H2,14,16). The molecule has 0 radical (unpaired) electrons. The van der Waals surface area contributed by atoms with Gasteiger partial charge in [-0.1, -0.05) is 31.2 Å². The molecule has 94 valence electrons. The Morgan fingerprint density at radius 3 is 2.47 bits per heavy atom. The first-order chi connectivity index (χ1) is 8.17. The molecule has 6 N–H and O–H groups in total. The van der Waals surface area contributed by atoms with Crippen LogP contribution in [0.25, 0.3) is 0 Å². The smallest absolute Gasteiger partial charge is 0.152 e. The van der Waals surface area contributed by atoms with Gasteiger partial charge in [0.25, 0.3) is 0 Å². The molecule has 0 bridgehead atoms. The van der Waals surface area contributed by atoms with Crippen LogP contribution in [-0.4, -0.2) is 24.0 Å². The van der Waals surface area contributed by atoms with E-state index in [2.05, 4.69) is 5.10 Å². The maximum Gasteiger partial charge on any atom is 0.152 e. The van der Waals surface area contributed by atoms with Crippen molar-refractivity contribution in [3.05, 3.63) is 35.4 Å². The van der Waals surface area contributed by atoms with Crippen LogP contribution in [-0.2, 0) is 6.42 Å². The highest BCUT2D eigenvalue weighted by Gasteiger charge is 2.00. The molecule has 0 fully saturated rings. The van der Waals surface area contributed by atoms with E-state index in [0.29, 0.717) is 18.9 Å². The molecule has 5 heteroatoms. The Hall–Kier alpha value is -1.59. The van der Waals surface area contributed by atoms with Crippen molar-refractivity contribution < 1.29 is 0 Å². The van der Waals surface area contributed by atoms with Crippen LogP contribution in [0.3, 0.4) is 0 Å². The highest BCUT2D eigenvalue weighted by Crippen LogP contribution is 2.04. The van der Waals surface area contributed by atoms with Crippen LogP contribution in [0, 0.1) is 0 Å². The Kier molecular flexibility index (Phi) is 5.45. The summed E-state index contributed by atoms with van der Waals surface area (Å²) < 4.78 is 0. The van der Waals surface area contributed by atoms with Crippen LogP contribution in [0.1, 0.15) is 24.5 Å². The summed E-state index contributed by atoms with van der Waals surface area (Å²) in [5.41, 5.74) is 13.4. The minimum Gasteiger partial charge on any atom is -0.382 e. The summed E-state index contributed by atoms with van der Waals surface area (Å²) in [5.74, 6) is 6.08. The average Bonchev–Trinajstić information content (AvgIpc) is 2.30. The van der Waals surface area contributed by atoms with Gasteiger partial charge in [0.2, 0.25) is 0 Å². The average molecular weight is 235 g/mol. The highest BCUT2D eigenvalue weighted by atomic mass is 15.6. The fraction of sp³-hybridized carbons (Fsp3) is 0.417. The topological polar surface area (TPSA) is 93.7 Å². The predicted molar refractivity (Wildman–Crippen MR) is 71.1 cm³/mol. The van der Waals surface area contributed by atoms with Gasteiger partial charge in [-0.05, 0) is 24.9 Å². The molecule has 0 saturated carbocycles.